The van der Waals surface area contributed by atoms with Crippen molar-refractivity contribution in [3.8, 4) is 11.5 Å². The average molecular weight is 555 g/mol. The molecule has 2 aromatic carbocycles. The van der Waals surface area contributed by atoms with Gasteiger partial charge in [0.15, 0.2) is 17.3 Å². The van der Waals surface area contributed by atoms with Gasteiger partial charge in [-0.3, -0.25) is 9.69 Å². The van der Waals surface area contributed by atoms with Crippen LogP contribution in [-0.2, 0) is 14.3 Å². The second-order valence-electron chi connectivity index (χ2n) is 9.68. The Morgan fingerprint density at radius 3 is 2.36 bits per heavy atom. The Balaban J connectivity index is 2.03. The molecule has 0 amide bonds. The number of nitrogens with two attached hydrogens (primary N) is 1. The second kappa shape index (κ2) is 10.0. The third-order valence-corrected chi connectivity index (χ3v) is 7.11. The summed E-state index contributed by atoms with van der Waals surface area (Å²) >= 11 is 3.48. The van der Waals surface area contributed by atoms with Crippen LogP contribution in [0.15, 0.2) is 69.6 Å². The fourth-order valence-electron chi connectivity index (χ4n) is 5.07. The number of anilines is 1. The SMILES string of the molecule is CCOC(=O)C1=C(N)N(c2ccc(Br)cc2)C2=C(C(=O)CC(C)(C)C2)[C@@H]1c1ccc(OC)c(OC)c1. The monoisotopic (exact) mass is 554 g/mol. The first-order valence-corrected chi connectivity index (χ1v) is 12.6. The second-order valence-corrected chi connectivity index (χ2v) is 10.6. The number of hydrogen-bond donors (Lipinski definition) is 1. The molecule has 2 aliphatic rings. The summed E-state index contributed by atoms with van der Waals surface area (Å²) in [5.74, 6) is 0.0267. The van der Waals surface area contributed by atoms with E-state index in [2.05, 4.69) is 29.8 Å². The van der Waals surface area contributed by atoms with Crippen LogP contribution >= 0.6 is 15.9 Å². The molecule has 1 heterocycles. The van der Waals surface area contributed by atoms with E-state index in [0.717, 1.165) is 15.9 Å². The third kappa shape index (κ3) is 4.62. The highest BCUT2D eigenvalue weighted by atomic mass is 79.9. The van der Waals surface area contributed by atoms with E-state index in [1.165, 1.54) is 0 Å². The minimum atomic E-state index is -0.700. The lowest BCUT2D eigenvalue weighted by atomic mass is 9.68. The molecule has 0 aromatic heterocycles. The Hall–Kier alpha value is -3.26. The van der Waals surface area contributed by atoms with Crippen molar-refractivity contribution in [3.05, 3.63) is 75.2 Å². The molecule has 36 heavy (non-hydrogen) atoms. The number of hydrogen-bond acceptors (Lipinski definition) is 7. The minimum absolute atomic E-state index is 0.0163. The summed E-state index contributed by atoms with van der Waals surface area (Å²) in [5.41, 5.74) is 9.60. The highest BCUT2D eigenvalue weighted by molar-refractivity contribution is 9.10. The zero-order valence-corrected chi connectivity index (χ0v) is 22.8. The smallest absolute Gasteiger partial charge is 0.338 e. The first kappa shape index (κ1) is 25.8. The highest BCUT2D eigenvalue weighted by Gasteiger charge is 2.46. The first-order valence-electron chi connectivity index (χ1n) is 11.8. The Bertz CT molecular complexity index is 1260. The van der Waals surface area contributed by atoms with E-state index in [1.54, 1.807) is 33.3 Å². The van der Waals surface area contributed by atoms with Gasteiger partial charge in [0.05, 0.1) is 32.3 Å². The molecule has 0 fully saturated rings. The highest BCUT2D eigenvalue weighted by Crippen LogP contribution is 2.51. The van der Waals surface area contributed by atoms with Gasteiger partial charge < -0.3 is 19.9 Å². The topological polar surface area (TPSA) is 91.1 Å². The van der Waals surface area contributed by atoms with Gasteiger partial charge in [0, 0.05) is 27.9 Å². The summed E-state index contributed by atoms with van der Waals surface area (Å²) in [6.45, 7) is 6.06. The van der Waals surface area contributed by atoms with Gasteiger partial charge in [-0.1, -0.05) is 35.8 Å². The Morgan fingerprint density at radius 1 is 1.08 bits per heavy atom. The molecule has 0 saturated heterocycles. The zero-order valence-electron chi connectivity index (χ0n) is 21.2. The van der Waals surface area contributed by atoms with E-state index >= 15 is 0 Å². The van der Waals surface area contributed by atoms with Crippen LogP contribution in [0.5, 0.6) is 11.5 Å². The van der Waals surface area contributed by atoms with Crippen molar-refractivity contribution in [2.45, 2.75) is 39.5 Å². The van der Waals surface area contributed by atoms with Crippen molar-refractivity contribution < 1.29 is 23.8 Å². The van der Waals surface area contributed by atoms with Crippen LogP contribution < -0.4 is 20.1 Å². The van der Waals surface area contributed by atoms with Gasteiger partial charge in [0.2, 0.25) is 0 Å². The van der Waals surface area contributed by atoms with Crippen molar-refractivity contribution in [1.29, 1.82) is 0 Å². The zero-order chi connectivity index (χ0) is 26.2. The molecular formula is C28H31BrN2O5. The Kier molecular flexibility index (Phi) is 7.18. The lowest BCUT2D eigenvalue weighted by Gasteiger charge is -2.44. The molecule has 0 saturated carbocycles. The van der Waals surface area contributed by atoms with Crippen LogP contribution in [-0.4, -0.2) is 32.6 Å². The lowest BCUT2D eigenvalue weighted by molar-refractivity contribution is -0.138. The maximum absolute atomic E-state index is 13.8. The maximum Gasteiger partial charge on any atom is 0.338 e. The molecular weight excluding hydrogens is 524 g/mol. The first-order chi connectivity index (χ1) is 17.1. The van der Waals surface area contributed by atoms with E-state index in [-0.39, 0.29) is 29.2 Å². The molecule has 0 bridgehead atoms. The van der Waals surface area contributed by atoms with Crippen LogP contribution in [0, 0.1) is 5.41 Å². The van der Waals surface area contributed by atoms with E-state index in [9.17, 15) is 9.59 Å². The van der Waals surface area contributed by atoms with Crippen LogP contribution in [0.4, 0.5) is 5.69 Å². The standard InChI is InChI=1S/C28H31BrN2O5/c1-6-36-27(33)25-23(16-7-12-21(34-4)22(13-16)35-5)24-19(14-28(2,3)15-20(24)32)31(26(25)30)18-10-8-17(29)9-11-18/h7-13,23H,6,14-15,30H2,1-5H3/t23-/m0/s1. The number of methoxy groups -OCH3 is 2. The summed E-state index contributed by atoms with van der Waals surface area (Å²) in [7, 11) is 3.11. The molecule has 2 aromatic rings. The Labute approximate surface area is 220 Å². The number of ether oxygens (including phenoxy) is 3. The number of nitrogens with zero attached hydrogens (tertiary/aromatic N) is 1. The van der Waals surface area contributed by atoms with Crippen LogP contribution in [0.25, 0.3) is 0 Å². The fourth-order valence-corrected chi connectivity index (χ4v) is 5.33. The molecule has 4 rings (SSSR count). The normalized spacial score (nSPS) is 19.2. The predicted molar refractivity (Wildman–Crippen MR) is 142 cm³/mol. The maximum atomic E-state index is 13.8. The molecule has 7 nitrogen and oxygen atoms in total. The average Bonchev–Trinajstić information content (AvgIpc) is 2.83. The summed E-state index contributed by atoms with van der Waals surface area (Å²) in [6.07, 6.45) is 0.977. The molecule has 8 heteroatoms. The molecule has 2 N–H and O–H groups in total. The number of carbonyl (C=O) groups excluding carboxylic acids is 2. The van der Waals surface area contributed by atoms with Crippen LogP contribution in [0.1, 0.15) is 45.1 Å². The van der Waals surface area contributed by atoms with Gasteiger partial charge in [0.1, 0.15) is 5.82 Å². The van der Waals surface area contributed by atoms with Crippen molar-refractivity contribution >= 4 is 33.4 Å². The molecule has 0 unspecified atom stereocenters. The summed E-state index contributed by atoms with van der Waals surface area (Å²) < 4.78 is 17.3. The molecule has 1 aliphatic carbocycles. The van der Waals surface area contributed by atoms with Crippen molar-refractivity contribution in [1.82, 2.24) is 0 Å². The van der Waals surface area contributed by atoms with Gasteiger partial charge >= 0.3 is 5.97 Å². The van der Waals surface area contributed by atoms with E-state index < -0.39 is 11.9 Å². The molecule has 190 valence electrons. The largest absolute Gasteiger partial charge is 0.493 e. The number of esters is 1. The fraction of sp³-hybridized carbons (Fsp3) is 0.357. The third-order valence-electron chi connectivity index (χ3n) is 6.58. The summed E-state index contributed by atoms with van der Waals surface area (Å²) in [4.78, 5) is 29.1. The minimum Gasteiger partial charge on any atom is -0.493 e. The molecule has 1 aliphatic heterocycles. The number of halogens is 1. The van der Waals surface area contributed by atoms with Crippen molar-refractivity contribution in [2.24, 2.45) is 11.1 Å². The number of Topliss-reactive ketones (excluding diaryl/α,β-unsaturated/α-hetero) is 1. The van der Waals surface area contributed by atoms with E-state index in [0.29, 0.717) is 35.5 Å². The van der Waals surface area contributed by atoms with Gasteiger partial charge in [-0.25, -0.2) is 4.79 Å². The molecule has 0 spiro atoms. The number of rotatable bonds is 6. The number of benzene rings is 2. The summed E-state index contributed by atoms with van der Waals surface area (Å²) in [5, 5.41) is 0. The molecule has 0 radical (unpaired) electrons. The number of ketones is 1. The number of carbonyl (C=O) groups is 2. The summed E-state index contributed by atoms with van der Waals surface area (Å²) in [6, 6.07) is 13.0. The van der Waals surface area contributed by atoms with E-state index in [1.807, 2.05) is 35.2 Å². The van der Waals surface area contributed by atoms with Gasteiger partial charge in [-0.2, -0.15) is 0 Å². The molecule has 1 atom stereocenters. The Morgan fingerprint density at radius 2 is 1.75 bits per heavy atom. The van der Waals surface area contributed by atoms with Crippen molar-refractivity contribution in [3.63, 3.8) is 0 Å². The van der Waals surface area contributed by atoms with Crippen LogP contribution in [0.2, 0.25) is 0 Å². The lowest BCUT2D eigenvalue weighted by Crippen LogP contribution is -2.43. The van der Waals surface area contributed by atoms with Crippen LogP contribution in [0.3, 0.4) is 0 Å². The van der Waals surface area contributed by atoms with Crippen molar-refractivity contribution in [2.75, 3.05) is 25.7 Å². The van der Waals surface area contributed by atoms with Gasteiger partial charge in [0.25, 0.3) is 0 Å². The predicted octanol–water partition coefficient (Wildman–Crippen LogP) is 5.45. The van der Waals surface area contributed by atoms with E-state index in [4.69, 9.17) is 19.9 Å². The van der Waals surface area contributed by atoms with Gasteiger partial charge in [-0.05, 0) is 60.7 Å². The number of allylic oxidation sites excluding steroid dienone is 2. The quantitative estimate of drug-likeness (QED) is 0.475. The van der Waals surface area contributed by atoms with Gasteiger partial charge in [-0.15, -0.1) is 0 Å².